The Morgan fingerprint density at radius 1 is 1.33 bits per heavy atom. The molecule has 0 saturated carbocycles. The summed E-state index contributed by atoms with van der Waals surface area (Å²) < 4.78 is 5.41. The van der Waals surface area contributed by atoms with E-state index in [1.807, 2.05) is 31.2 Å². The molecule has 0 amide bonds. The highest BCUT2D eigenvalue weighted by atomic mass is 35.5. The summed E-state index contributed by atoms with van der Waals surface area (Å²) in [4.78, 5) is 0. The molecule has 0 bridgehead atoms. The maximum Gasteiger partial charge on any atom is 0.217 e. The minimum Gasteiger partial charge on any atom is -0.478 e. The van der Waals surface area contributed by atoms with Crippen molar-refractivity contribution in [1.82, 2.24) is 10.2 Å². The van der Waals surface area contributed by atoms with Gasteiger partial charge in [0.25, 0.3) is 0 Å². The van der Waals surface area contributed by atoms with E-state index in [-0.39, 0.29) is 0 Å². The smallest absolute Gasteiger partial charge is 0.217 e. The molecule has 0 unspecified atom stereocenters. The number of benzene rings is 1. The maximum absolute atomic E-state index is 5.82. The van der Waals surface area contributed by atoms with Gasteiger partial charge in [-0.1, -0.05) is 23.7 Å². The Morgan fingerprint density at radius 3 is 2.73 bits per heavy atom. The maximum atomic E-state index is 5.82. The van der Waals surface area contributed by atoms with Crippen molar-refractivity contribution in [3.8, 4) is 17.0 Å². The third-order valence-corrected chi connectivity index (χ3v) is 2.30. The molecule has 2 rings (SSSR count). The second kappa shape index (κ2) is 4.36. The minimum absolute atomic E-state index is 0.614. The molecule has 0 aliphatic carbocycles. The summed E-state index contributed by atoms with van der Waals surface area (Å²) in [5, 5.41) is 7.49. The van der Waals surface area contributed by atoms with Gasteiger partial charge in [-0.15, -0.1) is 0 Å². The van der Waals surface area contributed by atoms with Gasteiger partial charge >= 0.3 is 0 Å². The molecule has 1 aromatic heterocycles. The normalized spacial score (nSPS) is 10.3. The number of nitrogens with one attached hydrogen (secondary N) is 1. The summed E-state index contributed by atoms with van der Waals surface area (Å²) in [6, 6.07) is 7.57. The highest BCUT2D eigenvalue weighted by molar-refractivity contribution is 6.30. The predicted octanol–water partition coefficient (Wildman–Crippen LogP) is 3.13. The van der Waals surface area contributed by atoms with E-state index in [0.29, 0.717) is 12.5 Å². The third-order valence-electron chi connectivity index (χ3n) is 2.05. The molecule has 1 heterocycles. The summed E-state index contributed by atoms with van der Waals surface area (Å²) in [6.45, 7) is 2.55. The largest absolute Gasteiger partial charge is 0.478 e. The van der Waals surface area contributed by atoms with Crippen molar-refractivity contribution in [3.05, 3.63) is 35.5 Å². The van der Waals surface area contributed by atoms with Gasteiger partial charge in [-0.05, 0) is 24.6 Å². The zero-order valence-electron chi connectivity index (χ0n) is 8.33. The zero-order valence-corrected chi connectivity index (χ0v) is 9.08. The monoisotopic (exact) mass is 222 g/mol. The first-order valence-electron chi connectivity index (χ1n) is 4.73. The van der Waals surface area contributed by atoms with E-state index >= 15 is 0 Å². The first kappa shape index (κ1) is 10.1. The van der Waals surface area contributed by atoms with Crippen LogP contribution < -0.4 is 4.74 Å². The number of halogens is 1. The van der Waals surface area contributed by atoms with Gasteiger partial charge in [-0.3, -0.25) is 0 Å². The van der Waals surface area contributed by atoms with E-state index in [2.05, 4.69) is 10.2 Å². The van der Waals surface area contributed by atoms with Crippen LogP contribution >= 0.6 is 11.6 Å². The molecule has 2 aromatic rings. The molecule has 0 aliphatic rings. The van der Waals surface area contributed by atoms with E-state index in [0.717, 1.165) is 16.1 Å². The molecule has 1 aromatic carbocycles. The third kappa shape index (κ3) is 2.13. The molecule has 0 fully saturated rings. The molecule has 0 aliphatic heterocycles. The highest BCUT2D eigenvalue weighted by Gasteiger charge is 2.07. The van der Waals surface area contributed by atoms with Crippen LogP contribution in [0.5, 0.6) is 5.88 Å². The molecule has 0 saturated heterocycles. The van der Waals surface area contributed by atoms with Crippen molar-refractivity contribution in [2.24, 2.45) is 0 Å². The zero-order chi connectivity index (χ0) is 10.7. The van der Waals surface area contributed by atoms with E-state index in [1.54, 1.807) is 6.20 Å². The van der Waals surface area contributed by atoms with Crippen molar-refractivity contribution in [2.45, 2.75) is 6.92 Å². The number of H-pyrrole nitrogens is 1. The van der Waals surface area contributed by atoms with E-state index in [4.69, 9.17) is 16.3 Å². The Morgan fingerprint density at radius 2 is 2.07 bits per heavy atom. The van der Waals surface area contributed by atoms with Crippen molar-refractivity contribution in [2.75, 3.05) is 6.61 Å². The fourth-order valence-electron chi connectivity index (χ4n) is 1.36. The number of hydrogen-bond acceptors (Lipinski definition) is 2. The average Bonchev–Trinajstić information content (AvgIpc) is 2.68. The molecular weight excluding hydrogens is 212 g/mol. The number of aromatic nitrogens is 2. The van der Waals surface area contributed by atoms with Gasteiger partial charge < -0.3 is 4.74 Å². The number of ether oxygens (including phenoxy) is 1. The lowest BCUT2D eigenvalue weighted by atomic mass is 10.1. The molecule has 1 N–H and O–H groups in total. The fraction of sp³-hybridized carbons (Fsp3) is 0.182. The minimum atomic E-state index is 0.614. The number of hydrogen-bond donors (Lipinski definition) is 1. The number of aromatic amines is 1. The van der Waals surface area contributed by atoms with Crippen LogP contribution in [0.4, 0.5) is 0 Å². The SMILES string of the molecule is CCOc1[nH]ncc1-c1ccc(Cl)cc1. The quantitative estimate of drug-likeness (QED) is 0.867. The summed E-state index contributed by atoms with van der Waals surface area (Å²) in [7, 11) is 0. The van der Waals surface area contributed by atoms with Gasteiger partial charge in [0, 0.05) is 5.02 Å². The highest BCUT2D eigenvalue weighted by Crippen LogP contribution is 2.28. The van der Waals surface area contributed by atoms with Crippen LogP contribution in [-0.2, 0) is 0 Å². The lowest BCUT2D eigenvalue weighted by molar-refractivity contribution is 0.327. The van der Waals surface area contributed by atoms with Crippen LogP contribution in [0, 0.1) is 0 Å². The number of rotatable bonds is 3. The number of nitrogens with zero attached hydrogens (tertiary/aromatic N) is 1. The van der Waals surface area contributed by atoms with Crippen molar-refractivity contribution < 1.29 is 4.74 Å². The lowest BCUT2D eigenvalue weighted by Crippen LogP contribution is -1.93. The Balaban J connectivity index is 2.36. The van der Waals surface area contributed by atoms with Crippen LogP contribution in [-0.4, -0.2) is 16.8 Å². The van der Waals surface area contributed by atoms with Crippen LogP contribution in [0.2, 0.25) is 5.02 Å². The summed E-state index contributed by atoms with van der Waals surface area (Å²) in [6.07, 6.45) is 1.74. The van der Waals surface area contributed by atoms with Crippen molar-refractivity contribution in [3.63, 3.8) is 0 Å². The molecule has 0 spiro atoms. The van der Waals surface area contributed by atoms with Gasteiger partial charge in [0.15, 0.2) is 0 Å². The van der Waals surface area contributed by atoms with Crippen LogP contribution in [0.25, 0.3) is 11.1 Å². The van der Waals surface area contributed by atoms with Crippen LogP contribution in [0.1, 0.15) is 6.92 Å². The Labute approximate surface area is 93.0 Å². The van der Waals surface area contributed by atoms with E-state index in [1.165, 1.54) is 0 Å². The second-order valence-electron chi connectivity index (χ2n) is 3.05. The van der Waals surface area contributed by atoms with E-state index in [9.17, 15) is 0 Å². The standard InChI is InChI=1S/C11H11ClN2O/c1-2-15-11-10(7-13-14-11)8-3-5-9(12)6-4-8/h3-7H,2H2,1H3,(H,13,14). The van der Waals surface area contributed by atoms with Gasteiger partial charge in [0.05, 0.1) is 18.4 Å². The topological polar surface area (TPSA) is 37.9 Å². The Bertz CT molecular complexity index is 436. The molecule has 15 heavy (non-hydrogen) atoms. The predicted molar refractivity (Wildman–Crippen MR) is 60.2 cm³/mol. The first-order chi connectivity index (χ1) is 7.31. The molecular formula is C11H11ClN2O. The lowest BCUT2D eigenvalue weighted by Gasteiger charge is -2.03. The van der Waals surface area contributed by atoms with Gasteiger partial charge in [0.2, 0.25) is 5.88 Å². The van der Waals surface area contributed by atoms with Crippen molar-refractivity contribution >= 4 is 11.6 Å². The molecule has 78 valence electrons. The van der Waals surface area contributed by atoms with Crippen molar-refractivity contribution in [1.29, 1.82) is 0 Å². The first-order valence-corrected chi connectivity index (χ1v) is 5.11. The second-order valence-corrected chi connectivity index (χ2v) is 3.49. The van der Waals surface area contributed by atoms with Gasteiger partial charge in [-0.2, -0.15) is 5.10 Å². The van der Waals surface area contributed by atoms with Crippen LogP contribution in [0.15, 0.2) is 30.5 Å². The van der Waals surface area contributed by atoms with E-state index < -0.39 is 0 Å². The summed E-state index contributed by atoms with van der Waals surface area (Å²) >= 11 is 5.82. The fourth-order valence-corrected chi connectivity index (χ4v) is 1.49. The average molecular weight is 223 g/mol. The molecule has 0 atom stereocenters. The molecule has 4 heteroatoms. The van der Waals surface area contributed by atoms with Crippen LogP contribution in [0.3, 0.4) is 0 Å². The Kier molecular flexibility index (Phi) is 2.92. The molecule has 0 radical (unpaired) electrons. The summed E-state index contributed by atoms with van der Waals surface area (Å²) in [5.74, 6) is 0.694. The van der Waals surface area contributed by atoms with Gasteiger partial charge in [0.1, 0.15) is 0 Å². The summed E-state index contributed by atoms with van der Waals surface area (Å²) in [5.41, 5.74) is 1.99. The Hall–Kier alpha value is -1.48. The van der Waals surface area contributed by atoms with Gasteiger partial charge in [-0.25, -0.2) is 5.10 Å². The molecule has 3 nitrogen and oxygen atoms in total.